The number of thiophene rings is 1. The molecule has 3 saturated heterocycles. The molecule has 0 unspecified atom stereocenters. The molecule has 6 heteroatoms. The monoisotopic (exact) mass is 594 g/mol. The van der Waals surface area contributed by atoms with Crippen LogP contribution in [-0.4, -0.2) is 70.4 Å². The van der Waals surface area contributed by atoms with E-state index in [9.17, 15) is 4.79 Å². The standard InChI is InChI=1S/C37H46N4OS/c1-25-20-26(2)22-28(21-25)34-31(14-15-39-16-18-40(19-17-39)24-27-8-6-5-7-9-27)32-23-33(43-35(32)38-34)37(3,4)36(42)41-29-10-11-30(41)13-12-29/h5-9,20-23,29-30,38H,10-19,24H2,1-4H3. The van der Waals surface area contributed by atoms with Gasteiger partial charge in [0.2, 0.25) is 5.91 Å². The van der Waals surface area contributed by atoms with E-state index in [4.69, 9.17) is 0 Å². The molecular weight excluding hydrogens is 549 g/mol. The van der Waals surface area contributed by atoms with Crippen LogP contribution in [0.2, 0.25) is 0 Å². The topological polar surface area (TPSA) is 42.6 Å². The van der Waals surface area contributed by atoms with Gasteiger partial charge in [-0.25, -0.2) is 0 Å². The van der Waals surface area contributed by atoms with Crippen LogP contribution >= 0.6 is 11.3 Å². The molecule has 2 aromatic heterocycles. The van der Waals surface area contributed by atoms with Crippen molar-refractivity contribution in [2.24, 2.45) is 0 Å². The van der Waals surface area contributed by atoms with Crippen LogP contribution in [0.3, 0.4) is 0 Å². The molecule has 1 amide bonds. The molecule has 2 bridgehead atoms. The van der Waals surface area contributed by atoms with Crippen molar-refractivity contribution in [3.63, 3.8) is 0 Å². The lowest BCUT2D eigenvalue weighted by molar-refractivity contribution is -0.137. The van der Waals surface area contributed by atoms with Crippen LogP contribution in [-0.2, 0) is 23.2 Å². The van der Waals surface area contributed by atoms with Gasteiger partial charge in [0.25, 0.3) is 0 Å². The van der Waals surface area contributed by atoms with Crippen molar-refractivity contribution in [2.75, 3.05) is 32.7 Å². The maximum absolute atomic E-state index is 14.0. The van der Waals surface area contributed by atoms with Crippen LogP contribution in [0.5, 0.6) is 0 Å². The number of aromatic nitrogens is 1. The molecule has 0 aliphatic carbocycles. The highest BCUT2D eigenvalue weighted by Crippen LogP contribution is 2.44. The summed E-state index contributed by atoms with van der Waals surface area (Å²) in [4.78, 5) is 27.7. The highest BCUT2D eigenvalue weighted by molar-refractivity contribution is 7.19. The van der Waals surface area contributed by atoms with Gasteiger partial charge in [-0.05, 0) is 94.7 Å². The van der Waals surface area contributed by atoms with E-state index in [-0.39, 0.29) is 0 Å². The Kier molecular flexibility index (Phi) is 7.73. The molecule has 0 radical (unpaired) electrons. The zero-order valence-corrected chi connectivity index (χ0v) is 27.1. The molecule has 4 aromatic rings. The second-order valence-electron chi connectivity index (χ2n) is 13.9. The number of hydrogen-bond acceptors (Lipinski definition) is 4. The number of hydrogen-bond donors (Lipinski definition) is 1. The maximum atomic E-state index is 14.0. The van der Waals surface area contributed by atoms with E-state index < -0.39 is 5.41 Å². The Bertz CT molecular complexity index is 1570. The van der Waals surface area contributed by atoms with E-state index in [0.29, 0.717) is 18.0 Å². The molecule has 3 aliphatic heterocycles. The van der Waals surface area contributed by atoms with E-state index in [0.717, 1.165) is 45.7 Å². The lowest BCUT2D eigenvalue weighted by atomic mass is 9.88. The Balaban J connectivity index is 1.13. The average Bonchev–Trinajstić information content (AvgIpc) is 3.77. The van der Waals surface area contributed by atoms with Crippen LogP contribution in [0.15, 0.2) is 54.6 Å². The van der Waals surface area contributed by atoms with Gasteiger partial charge in [0, 0.05) is 61.6 Å². The minimum atomic E-state index is -0.512. The fourth-order valence-electron chi connectivity index (χ4n) is 7.92. The van der Waals surface area contributed by atoms with E-state index >= 15 is 0 Å². The average molecular weight is 595 g/mol. The maximum Gasteiger partial charge on any atom is 0.233 e. The molecule has 0 atom stereocenters. The molecule has 2 aromatic carbocycles. The zero-order chi connectivity index (χ0) is 29.7. The van der Waals surface area contributed by atoms with Gasteiger partial charge in [-0.15, -0.1) is 11.3 Å². The number of aryl methyl sites for hydroxylation is 2. The first-order valence-corrected chi connectivity index (χ1v) is 17.1. The lowest BCUT2D eigenvalue weighted by Crippen LogP contribution is -2.46. The first kappa shape index (κ1) is 28.8. The molecule has 226 valence electrons. The smallest absolute Gasteiger partial charge is 0.233 e. The Morgan fingerprint density at radius 2 is 1.51 bits per heavy atom. The van der Waals surface area contributed by atoms with Crippen molar-refractivity contribution in [1.29, 1.82) is 0 Å². The van der Waals surface area contributed by atoms with Crippen molar-refractivity contribution in [3.05, 3.63) is 81.7 Å². The van der Waals surface area contributed by atoms with Gasteiger partial charge in [0.05, 0.1) is 11.1 Å². The minimum absolute atomic E-state index is 0.325. The Labute approximate surface area is 260 Å². The van der Waals surface area contributed by atoms with Crippen molar-refractivity contribution in [3.8, 4) is 11.3 Å². The largest absolute Gasteiger partial charge is 0.346 e. The van der Waals surface area contributed by atoms with Crippen LogP contribution in [0.1, 0.15) is 66.7 Å². The van der Waals surface area contributed by atoms with E-state index in [1.165, 1.54) is 74.3 Å². The number of amides is 1. The number of H-pyrrole nitrogens is 1. The normalized spacial score (nSPS) is 21.3. The van der Waals surface area contributed by atoms with Crippen LogP contribution in [0.25, 0.3) is 21.5 Å². The predicted molar refractivity (Wildman–Crippen MR) is 179 cm³/mol. The molecule has 5 nitrogen and oxygen atoms in total. The van der Waals surface area contributed by atoms with Gasteiger partial charge in [0.15, 0.2) is 0 Å². The predicted octanol–water partition coefficient (Wildman–Crippen LogP) is 7.30. The number of rotatable bonds is 8. The summed E-state index contributed by atoms with van der Waals surface area (Å²) in [5.41, 5.74) is 7.40. The summed E-state index contributed by atoms with van der Waals surface area (Å²) < 4.78 is 0. The highest BCUT2D eigenvalue weighted by Gasteiger charge is 2.47. The molecule has 5 heterocycles. The summed E-state index contributed by atoms with van der Waals surface area (Å²) in [5, 5.41) is 1.31. The summed E-state index contributed by atoms with van der Waals surface area (Å²) >= 11 is 1.79. The third-order valence-corrected chi connectivity index (χ3v) is 11.7. The quantitative estimate of drug-likeness (QED) is 0.233. The third-order valence-electron chi connectivity index (χ3n) is 10.3. The lowest BCUT2D eigenvalue weighted by Gasteiger charge is -2.34. The number of carbonyl (C=O) groups is 1. The van der Waals surface area contributed by atoms with E-state index in [1.807, 2.05) is 0 Å². The molecule has 3 aliphatic rings. The number of fused-ring (bicyclic) bond motifs is 3. The van der Waals surface area contributed by atoms with Crippen LogP contribution in [0, 0.1) is 13.8 Å². The van der Waals surface area contributed by atoms with E-state index in [1.54, 1.807) is 11.3 Å². The highest BCUT2D eigenvalue weighted by atomic mass is 32.1. The number of aromatic amines is 1. The van der Waals surface area contributed by atoms with Crippen molar-refractivity contribution < 1.29 is 4.79 Å². The zero-order valence-electron chi connectivity index (χ0n) is 26.3. The molecule has 3 fully saturated rings. The molecule has 0 spiro atoms. The van der Waals surface area contributed by atoms with Gasteiger partial charge in [-0.2, -0.15) is 0 Å². The Hall–Kier alpha value is -2.93. The van der Waals surface area contributed by atoms with Crippen molar-refractivity contribution >= 4 is 27.5 Å². The van der Waals surface area contributed by atoms with Crippen LogP contribution in [0.4, 0.5) is 0 Å². The summed E-state index contributed by atoms with van der Waals surface area (Å²) in [6.07, 6.45) is 5.73. The first-order valence-electron chi connectivity index (χ1n) is 16.3. The van der Waals surface area contributed by atoms with Crippen molar-refractivity contribution in [1.82, 2.24) is 19.7 Å². The Morgan fingerprint density at radius 3 is 2.16 bits per heavy atom. The molecule has 43 heavy (non-hydrogen) atoms. The fourth-order valence-corrected chi connectivity index (χ4v) is 9.10. The molecular formula is C37H46N4OS. The summed E-state index contributed by atoms with van der Waals surface area (Å²) in [6.45, 7) is 15.2. The number of benzene rings is 2. The Morgan fingerprint density at radius 1 is 0.884 bits per heavy atom. The number of carbonyl (C=O) groups excluding carboxylic acids is 1. The van der Waals surface area contributed by atoms with Gasteiger partial charge < -0.3 is 14.8 Å². The van der Waals surface area contributed by atoms with Gasteiger partial charge in [-0.1, -0.05) is 47.5 Å². The van der Waals surface area contributed by atoms with Gasteiger partial charge in [-0.3, -0.25) is 9.69 Å². The number of nitrogens with one attached hydrogen (secondary N) is 1. The first-order chi connectivity index (χ1) is 20.8. The summed E-state index contributed by atoms with van der Waals surface area (Å²) in [5.74, 6) is 0.325. The fraction of sp³-hybridized carbons (Fsp3) is 0.486. The number of nitrogens with zero attached hydrogens (tertiary/aromatic N) is 3. The SMILES string of the molecule is Cc1cc(C)cc(-c2[nH]c3sc(C(C)(C)C(=O)N4C5CCC4CC5)cc3c2CCN2CCN(Cc3ccccc3)CC2)c1. The van der Waals surface area contributed by atoms with Crippen molar-refractivity contribution in [2.45, 2.75) is 83.8 Å². The summed E-state index contributed by atoms with van der Waals surface area (Å²) in [6, 6.07) is 21.0. The second kappa shape index (κ2) is 11.5. The number of piperazine rings is 1. The van der Waals surface area contributed by atoms with Gasteiger partial charge >= 0.3 is 0 Å². The summed E-state index contributed by atoms with van der Waals surface area (Å²) in [7, 11) is 0. The third kappa shape index (κ3) is 5.58. The van der Waals surface area contributed by atoms with E-state index in [2.05, 4.69) is 102 Å². The second-order valence-corrected chi connectivity index (χ2v) is 14.9. The minimum Gasteiger partial charge on any atom is -0.346 e. The van der Waals surface area contributed by atoms with Crippen LogP contribution < -0.4 is 0 Å². The molecule has 1 N–H and O–H groups in total. The molecule has 0 saturated carbocycles. The molecule has 7 rings (SSSR count). The van der Waals surface area contributed by atoms with Gasteiger partial charge in [0.1, 0.15) is 4.83 Å².